The van der Waals surface area contributed by atoms with Crippen molar-refractivity contribution >= 4 is 13.6 Å². The summed E-state index contributed by atoms with van der Waals surface area (Å²) < 4.78 is 14.9. The van der Waals surface area contributed by atoms with Gasteiger partial charge in [-0.3, -0.25) is 9.32 Å². The van der Waals surface area contributed by atoms with Crippen LogP contribution in [0.4, 0.5) is 0 Å². The molecule has 6 heteroatoms. The Morgan fingerprint density at radius 2 is 1.77 bits per heavy atom. The highest BCUT2D eigenvalue weighted by molar-refractivity contribution is 7.46. The Hall–Kier alpha value is -0.220. The monoisotopic (exact) mass is 210 g/mol. The van der Waals surface area contributed by atoms with Gasteiger partial charge in [-0.2, -0.15) is 0 Å². The molecule has 0 aromatic carbocycles. The van der Waals surface area contributed by atoms with E-state index in [4.69, 9.17) is 9.79 Å². The SMILES string of the molecule is CC(C)C(=O)C(C)(C)OP(=O)(O)O. The molecule has 0 atom stereocenters. The third kappa shape index (κ3) is 4.52. The highest BCUT2D eigenvalue weighted by Crippen LogP contribution is 2.42. The van der Waals surface area contributed by atoms with Crippen molar-refractivity contribution in [1.82, 2.24) is 0 Å². The summed E-state index contributed by atoms with van der Waals surface area (Å²) in [5.41, 5.74) is -1.44. The number of carbonyl (C=O) groups is 1. The summed E-state index contributed by atoms with van der Waals surface area (Å²) in [6, 6.07) is 0. The van der Waals surface area contributed by atoms with E-state index < -0.39 is 13.4 Å². The predicted octanol–water partition coefficient (Wildman–Crippen LogP) is 1.10. The van der Waals surface area contributed by atoms with Gasteiger partial charge in [-0.15, -0.1) is 0 Å². The first-order valence-electron chi connectivity index (χ1n) is 3.87. The Bertz CT molecular complexity index is 239. The molecule has 0 fully saturated rings. The molecule has 0 amide bonds. The molecule has 0 aliphatic rings. The van der Waals surface area contributed by atoms with Gasteiger partial charge in [0.25, 0.3) is 0 Å². The van der Waals surface area contributed by atoms with Gasteiger partial charge in [0.2, 0.25) is 0 Å². The highest BCUT2D eigenvalue weighted by atomic mass is 31.2. The Kier molecular flexibility index (Phi) is 3.82. The van der Waals surface area contributed by atoms with Crippen molar-refractivity contribution in [3.05, 3.63) is 0 Å². The Morgan fingerprint density at radius 3 is 2.00 bits per heavy atom. The smallest absolute Gasteiger partial charge is 0.303 e. The largest absolute Gasteiger partial charge is 0.470 e. The molecule has 0 rings (SSSR count). The number of Topliss-reactive ketones (excluding diaryl/α,β-unsaturated/α-hetero) is 1. The molecule has 0 spiro atoms. The topological polar surface area (TPSA) is 83.8 Å². The number of carbonyl (C=O) groups excluding carboxylic acids is 1. The number of ketones is 1. The molecule has 2 N–H and O–H groups in total. The summed E-state index contributed by atoms with van der Waals surface area (Å²) in [4.78, 5) is 28.4. The van der Waals surface area contributed by atoms with Gasteiger partial charge < -0.3 is 9.79 Å². The van der Waals surface area contributed by atoms with Crippen LogP contribution in [0.2, 0.25) is 0 Å². The maximum Gasteiger partial charge on any atom is 0.470 e. The first kappa shape index (κ1) is 12.8. The van der Waals surface area contributed by atoms with Gasteiger partial charge in [0, 0.05) is 5.92 Å². The lowest BCUT2D eigenvalue weighted by Crippen LogP contribution is -2.37. The van der Waals surface area contributed by atoms with E-state index in [0.717, 1.165) is 0 Å². The van der Waals surface area contributed by atoms with E-state index in [9.17, 15) is 9.36 Å². The van der Waals surface area contributed by atoms with Crippen molar-refractivity contribution in [3.8, 4) is 0 Å². The average Bonchev–Trinajstić information content (AvgIpc) is 1.80. The first-order valence-corrected chi connectivity index (χ1v) is 5.40. The summed E-state index contributed by atoms with van der Waals surface area (Å²) in [6.07, 6.45) is 0. The third-order valence-corrected chi connectivity index (χ3v) is 2.16. The first-order chi connectivity index (χ1) is 5.56. The molecule has 0 aromatic heterocycles. The number of rotatable bonds is 4. The van der Waals surface area contributed by atoms with Gasteiger partial charge in [-0.25, -0.2) is 4.57 Å². The van der Waals surface area contributed by atoms with Crippen LogP contribution in [0.15, 0.2) is 0 Å². The van der Waals surface area contributed by atoms with Gasteiger partial charge >= 0.3 is 7.82 Å². The lowest BCUT2D eigenvalue weighted by molar-refractivity contribution is -0.136. The van der Waals surface area contributed by atoms with Crippen LogP contribution in [0.3, 0.4) is 0 Å². The molecule has 13 heavy (non-hydrogen) atoms. The van der Waals surface area contributed by atoms with Gasteiger partial charge in [0.05, 0.1) is 0 Å². The molecule has 5 nitrogen and oxygen atoms in total. The lowest BCUT2D eigenvalue weighted by Gasteiger charge is -2.25. The minimum atomic E-state index is -4.60. The van der Waals surface area contributed by atoms with E-state index in [1.165, 1.54) is 13.8 Å². The normalized spacial score (nSPS) is 13.5. The van der Waals surface area contributed by atoms with E-state index in [-0.39, 0.29) is 11.7 Å². The second-order valence-electron chi connectivity index (χ2n) is 3.61. The van der Waals surface area contributed by atoms with E-state index >= 15 is 0 Å². The predicted molar refractivity (Wildman–Crippen MR) is 47.1 cm³/mol. The van der Waals surface area contributed by atoms with Gasteiger partial charge in [0.15, 0.2) is 5.78 Å². The Labute approximate surface area is 77.3 Å². The zero-order valence-electron chi connectivity index (χ0n) is 8.14. The van der Waals surface area contributed by atoms with Crippen LogP contribution in [0.1, 0.15) is 27.7 Å². The maximum atomic E-state index is 11.4. The third-order valence-electron chi connectivity index (χ3n) is 1.46. The lowest BCUT2D eigenvalue weighted by atomic mass is 9.95. The summed E-state index contributed by atoms with van der Waals surface area (Å²) >= 11 is 0. The van der Waals surface area contributed by atoms with Gasteiger partial charge in [0.1, 0.15) is 5.60 Å². The van der Waals surface area contributed by atoms with Crippen LogP contribution in [-0.2, 0) is 13.9 Å². The highest BCUT2D eigenvalue weighted by Gasteiger charge is 2.36. The molecule has 0 aliphatic heterocycles. The van der Waals surface area contributed by atoms with Crippen molar-refractivity contribution in [1.29, 1.82) is 0 Å². The van der Waals surface area contributed by atoms with E-state index in [2.05, 4.69) is 4.52 Å². The van der Waals surface area contributed by atoms with Crippen molar-refractivity contribution in [2.45, 2.75) is 33.3 Å². The van der Waals surface area contributed by atoms with Crippen LogP contribution in [-0.4, -0.2) is 21.2 Å². The summed E-state index contributed by atoms with van der Waals surface area (Å²) in [6.45, 7) is 5.98. The van der Waals surface area contributed by atoms with E-state index in [1.807, 2.05) is 0 Å². The summed E-state index contributed by atoms with van der Waals surface area (Å²) in [5.74, 6) is -0.655. The fourth-order valence-electron chi connectivity index (χ4n) is 1.04. The molecule has 0 heterocycles. The van der Waals surface area contributed by atoms with Crippen LogP contribution < -0.4 is 0 Å². The molecule has 0 aromatic rings. The molecule has 0 saturated carbocycles. The standard InChI is InChI=1S/C7H15O5P/c1-5(2)6(8)7(3,4)12-13(9,10)11/h5H,1-4H3,(H2,9,10,11). The number of hydrogen-bond acceptors (Lipinski definition) is 3. The second kappa shape index (κ2) is 3.88. The Balaban J connectivity index is 4.59. The molecule has 0 aliphatic carbocycles. The van der Waals surface area contributed by atoms with E-state index in [0.29, 0.717) is 0 Å². The molecule has 0 radical (unpaired) electrons. The van der Waals surface area contributed by atoms with E-state index in [1.54, 1.807) is 13.8 Å². The fraction of sp³-hybridized carbons (Fsp3) is 0.857. The van der Waals surface area contributed by atoms with Crippen LogP contribution in [0, 0.1) is 5.92 Å². The molecular formula is C7H15O5P. The quantitative estimate of drug-likeness (QED) is 0.679. The zero-order valence-corrected chi connectivity index (χ0v) is 9.04. The maximum absolute atomic E-state index is 11.4. The van der Waals surface area contributed by atoms with Crippen molar-refractivity contribution < 1.29 is 23.7 Å². The van der Waals surface area contributed by atoms with Crippen LogP contribution >= 0.6 is 7.82 Å². The second-order valence-corrected chi connectivity index (χ2v) is 4.77. The summed E-state index contributed by atoms with van der Waals surface area (Å²) in [5, 5.41) is 0. The Morgan fingerprint density at radius 1 is 1.38 bits per heavy atom. The van der Waals surface area contributed by atoms with Crippen molar-refractivity contribution in [3.63, 3.8) is 0 Å². The zero-order chi connectivity index (χ0) is 10.9. The van der Waals surface area contributed by atoms with Crippen LogP contribution in [0.25, 0.3) is 0 Å². The molecule has 0 saturated heterocycles. The number of phosphoric acid groups is 1. The molecule has 0 bridgehead atoms. The molecular weight excluding hydrogens is 195 g/mol. The van der Waals surface area contributed by atoms with Gasteiger partial charge in [-0.1, -0.05) is 13.8 Å². The molecule has 78 valence electrons. The molecule has 0 unspecified atom stereocenters. The van der Waals surface area contributed by atoms with Crippen molar-refractivity contribution in [2.24, 2.45) is 5.92 Å². The number of phosphoric ester groups is 1. The minimum absolute atomic E-state index is 0.318. The number of hydrogen-bond donors (Lipinski definition) is 2. The minimum Gasteiger partial charge on any atom is -0.303 e. The van der Waals surface area contributed by atoms with Crippen molar-refractivity contribution in [2.75, 3.05) is 0 Å². The van der Waals surface area contributed by atoms with Gasteiger partial charge in [-0.05, 0) is 13.8 Å². The van der Waals surface area contributed by atoms with Crippen LogP contribution in [0.5, 0.6) is 0 Å². The average molecular weight is 210 g/mol. The fourth-order valence-corrected chi connectivity index (χ4v) is 1.72. The summed E-state index contributed by atoms with van der Waals surface area (Å²) in [7, 11) is -4.60.